The molecule has 0 fully saturated rings. The second-order valence-corrected chi connectivity index (χ2v) is 3.98. The lowest BCUT2D eigenvalue weighted by molar-refractivity contribution is 0.328. The molecule has 4 nitrogen and oxygen atoms in total. The zero-order chi connectivity index (χ0) is 12.3. The number of rotatable bonds is 4. The second kappa shape index (κ2) is 5.01. The van der Waals surface area contributed by atoms with Gasteiger partial charge in [0.25, 0.3) is 0 Å². The summed E-state index contributed by atoms with van der Waals surface area (Å²) >= 11 is 0. The first-order chi connectivity index (χ1) is 8.22. The SMILES string of the molecule is Cc1[nH]nc(-c2ccc(OCCN)cc2)c1C. The quantitative estimate of drug-likeness (QED) is 0.846. The number of hydrogen-bond donors (Lipinski definition) is 2. The number of aryl methyl sites for hydroxylation is 1. The molecule has 2 rings (SSSR count). The first kappa shape index (κ1) is 11.7. The molecule has 90 valence electrons. The van der Waals surface area contributed by atoms with Gasteiger partial charge < -0.3 is 10.5 Å². The number of ether oxygens (including phenoxy) is 1. The van der Waals surface area contributed by atoms with Gasteiger partial charge in [-0.3, -0.25) is 5.10 Å². The number of H-pyrrole nitrogens is 1. The second-order valence-electron chi connectivity index (χ2n) is 3.98. The number of aromatic nitrogens is 2. The molecule has 0 unspecified atom stereocenters. The van der Waals surface area contributed by atoms with Crippen molar-refractivity contribution in [3.63, 3.8) is 0 Å². The molecule has 0 spiro atoms. The third-order valence-corrected chi connectivity index (χ3v) is 2.77. The summed E-state index contributed by atoms with van der Waals surface area (Å²) in [7, 11) is 0. The standard InChI is InChI=1S/C13H17N3O/c1-9-10(2)15-16-13(9)11-3-5-12(6-4-11)17-8-7-14/h3-6H,7-8,14H2,1-2H3,(H,15,16). The molecular formula is C13H17N3O. The van der Waals surface area contributed by atoms with Crippen molar-refractivity contribution in [3.8, 4) is 17.0 Å². The molecule has 1 heterocycles. The molecular weight excluding hydrogens is 214 g/mol. The van der Waals surface area contributed by atoms with Crippen LogP contribution in [0.15, 0.2) is 24.3 Å². The summed E-state index contributed by atoms with van der Waals surface area (Å²) in [5.41, 5.74) is 9.75. The van der Waals surface area contributed by atoms with Crippen LogP contribution in [-0.2, 0) is 0 Å². The van der Waals surface area contributed by atoms with E-state index in [0.29, 0.717) is 13.2 Å². The van der Waals surface area contributed by atoms with Crippen molar-refractivity contribution in [2.45, 2.75) is 13.8 Å². The fourth-order valence-corrected chi connectivity index (χ4v) is 1.65. The number of hydrogen-bond acceptors (Lipinski definition) is 3. The fraction of sp³-hybridized carbons (Fsp3) is 0.308. The normalized spacial score (nSPS) is 10.5. The van der Waals surface area contributed by atoms with E-state index in [1.54, 1.807) is 0 Å². The van der Waals surface area contributed by atoms with Crippen molar-refractivity contribution in [2.75, 3.05) is 13.2 Å². The monoisotopic (exact) mass is 231 g/mol. The smallest absolute Gasteiger partial charge is 0.119 e. The Hall–Kier alpha value is -1.81. The molecule has 2 aromatic rings. The Morgan fingerprint density at radius 2 is 1.94 bits per heavy atom. The van der Waals surface area contributed by atoms with Crippen molar-refractivity contribution < 1.29 is 4.74 Å². The summed E-state index contributed by atoms with van der Waals surface area (Å²) in [5.74, 6) is 0.837. The van der Waals surface area contributed by atoms with Gasteiger partial charge in [0.2, 0.25) is 0 Å². The Balaban J connectivity index is 2.20. The molecule has 17 heavy (non-hydrogen) atoms. The molecule has 0 saturated carbocycles. The molecule has 1 aromatic heterocycles. The zero-order valence-corrected chi connectivity index (χ0v) is 10.2. The highest BCUT2D eigenvalue weighted by Crippen LogP contribution is 2.24. The minimum Gasteiger partial charge on any atom is -0.492 e. The fourth-order valence-electron chi connectivity index (χ4n) is 1.65. The highest BCUT2D eigenvalue weighted by molar-refractivity contribution is 5.64. The van der Waals surface area contributed by atoms with E-state index in [1.165, 1.54) is 5.56 Å². The number of nitrogens with one attached hydrogen (secondary N) is 1. The maximum Gasteiger partial charge on any atom is 0.119 e. The van der Waals surface area contributed by atoms with Crippen LogP contribution in [0.4, 0.5) is 0 Å². The van der Waals surface area contributed by atoms with E-state index in [4.69, 9.17) is 10.5 Å². The topological polar surface area (TPSA) is 63.9 Å². The average molecular weight is 231 g/mol. The van der Waals surface area contributed by atoms with E-state index in [-0.39, 0.29) is 0 Å². The van der Waals surface area contributed by atoms with Crippen LogP contribution in [0, 0.1) is 13.8 Å². The lowest BCUT2D eigenvalue weighted by Gasteiger charge is -2.05. The van der Waals surface area contributed by atoms with Crippen molar-refractivity contribution in [3.05, 3.63) is 35.5 Å². The number of nitrogens with two attached hydrogens (primary N) is 1. The molecule has 0 aliphatic heterocycles. The third-order valence-electron chi connectivity index (χ3n) is 2.77. The molecule has 1 aromatic carbocycles. The summed E-state index contributed by atoms with van der Waals surface area (Å²) < 4.78 is 5.43. The average Bonchev–Trinajstić information content (AvgIpc) is 2.68. The molecule has 0 radical (unpaired) electrons. The van der Waals surface area contributed by atoms with Crippen LogP contribution >= 0.6 is 0 Å². The number of nitrogens with zero attached hydrogens (tertiary/aromatic N) is 1. The first-order valence-electron chi connectivity index (χ1n) is 5.67. The van der Waals surface area contributed by atoms with E-state index >= 15 is 0 Å². The van der Waals surface area contributed by atoms with Gasteiger partial charge in [-0.2, -0.15) is 5.10 Å². The molecule has 0 atom stereocenters. The Bertz CT molecular complexity index is 488. The van der Waals surface area contributed by atoms with Crippen molar-refractivity contribution in [1.82, 2.24) is 10.2 Å². The van der Waals surface area contributed by atoms with E-state index in [9.17, 15) is 0 Å². The van der Waals surface area contributed by atoms with Crippen LogP contribution in [-0.4, -0.2) is 23.3 Å². The Labute approximate surface area is 101 Å². The summed E-state index contributed by atoms with van der Waals surface area (Å²) in [4.78, 5) is 0. The van der Waals surface area contributed by atoms with Crippen molar-refractivity contribution in [1.29, 1.82) is 0 Å². The predicted molar refractivity (Wildman–Crippen MR) is 68.0 cm³/mol. The van der Waals surface area contributed by atoms with Crippen LogP contribution in [0.5, 0.6) is 5.75 Å². The third kappa shape index (κ3) is 2.47. The minimum absolute atomic E-state index is 0.527. The molecule has 0 bridgehead atoms. The van der Waals surface area contributed by atoms with E-state index in [2.05, 4.69) is 17.1 Å². The summed E-state index contributed by atoms with van der Waals surface area (Å²) in [6.45, 7) is 5.15. The van der Waals surface area contributed by atoms with Crippen LogP contribution in [0.2, 0.25) is 0 Å². The van der Waals surface area contributed by atoms with E-state index < -0.39 is 0 Å². The molecule has 0 aliphatic carbocycles. The lowest BCUT2D eigenvalue weighted by atomic mass is 10.1. The van der Waals surface area contributed by atoms with Crippen LogP contribution in [0.25, 0.3) is 11.3 Å². The number of benzene rings is 1. The van der Waals surface area contributed by atoms with Gasteiger partial charge in [-0.25, -0.2) is 0 Å². The van der Waals surface area contributed by atoms with E-state index in [0.717, 1.165) is 22.7 Å². The first-order valence-corrected chi connectivity index (χ1v) is 5.67. The minimum atomic E-state index is 0.527. The van der Waals surface area contributed by atoms with Gasteiger partial charge in [0.05, 0.1) is 5.69 Å². The van der Waals surface area contributed by atoms with Crippen molar-refractivity contribution >= 4 is 0 Å². The molecule has 4 heteroatoms. The largest absolute Gasteiger partial charge is 0.492 e. The van der Waals surface area contributed by atoms with Crippen LogP contribution < -0.4 is 10.5 Å². The molecule has 0 aliphatic rings. The maximum atomic E-state index is 5.43. The van der Waals surface area contributed by atoms with Gasteiger partial charge in [0.15, 0.2) is 0 Å². The van der Waals surface area contributed by atoms with Gasteiger partial charge in [-0.15, -0.1) is 0 Å². The lowest BCUT2D eigenvalue weighted by Crippen LogP contribution is -2.10. The van der Waals surface area contributed by atoms with Gasteiger partial charge in [0, 0.05) is 17.8 Å². The van der Waals surface area contributed by atoms with E-state index in [1.807, 2.05) is 31.2 Å². The summed E-state index contributed by atoms with van der Waals surface area (Å²) in [6, 6.07) is 7.89. The predicted octanol–water partition coefficient (Wildman–Crippen LogP) is 2.03. The Morgan fingerprint density at radius 1 is 1.24 bits per heavy atom. The van der Waals surface area contributed by atoms with Crippen LogP contribution in [0.3, 0.4) is 0 Å². The maximum absolute atomic E-state index is 5.43. The van der Waals surface area contributed by atoms with Gasteiger partial charge in [0.1, 0.15) is 12.4 Å². The molecule has 0 amide bonds. The van der Waals surface area contributed by atoms with Crippen LogP contribution in [0.1, 0.15) is 11.3 Å². The van der Waals surface area contributed by atoms with Gasteiger partial charge >= 0.3 is 0 Å². The van der Waals surface area contributed by atoms with Crippen molar-refractivity contribution in [2.24, 2.45) is 5.73 Å². The highest BCUT2D eigenvalue weighted by Gasteiger charge is 2.07. The molecule has 3 N–H and O–H groups in total. The Kier molecular flexibility index (Phi) is 3.44. The van der Waals surface area contributed by atoms with Gasteiger partial charge in [-0.1, -0.05) is 0 Å². The Morgan fingerprint density at radius 3 is 2.47 bits per heavy atom. The number of aromatic amines is 1. The summed E-state index contributed by atoms with van der Waals surface area (Å²) in [5, 5.41) is 7.28. The molecule has 0 saturated heterocycles. The summed E-state index contributed by atoms with van der Waals surface area (Å²) in [6.07, 6.45) is 0. The highest BCUT2D eigenvalue weighted by atomic mass is 16.5. The zero-order valence-electron chi connectivity index (χ0n) is 10.2. The van der Waals surface area contributed by atoms with Gasteiger partial charge in [-0.05, 0) is 43.7 Å².